The van der Waals surface area contributed by atoms with Gasteiger partial charge in [0.25, 0.3) is 10.9 Å². The summed E-state index contributed by atoms with van der Waals surface area (Å²) >= 11 is 21.7. The van der Waals surface area contributed by atoms with Gasteiger partial charge in [0.05, 0.1) is 34.6 Å². The number of aldehydes is 1. The monoisotopic (exact) mass is 989 g/mol. The number of nitrogens with zero attached hydrogens (tertiary/aromatic N) is 3. The average molecular weight is 991 g/mol. The normalized spacial score (nSPS) is 18.2. The fourth-order valence-electron chi connectivity index (χ4n) is 7.62. The first-order valence-corrected chi connectivity index (χ1v) is 25.4. The Bertz CT molecular complexity index is 2870. The second kappa shape index (κ2) is 19.0. The first-order valence-electron chi connectivity index (χ1n) is 19.5. The first-order chi connectivity index (χ1) is 29.9. The van der Waals surface area contributed by atoms with Crippen molar-refractivity contribution in [1.82, 2.24) is 9.80 Å². The van der Waals surface area contributed by atoms with E-state index in [-0.39, 0.29) is 28.0 Å². The summed E-state index contributed by atoms with van der Waals surface area (Å²) in [7, 11) is -8.45. The zero-order valence-corrected chi connectivity index (χ0v) is 39.1. The molecule has 4 aromatic carbocycles. The Hall–Kier alpha value is -4.30. The number of nitrogens with one attached hydrogen (secondary N) is 1. The molecule has 1 fully saturated rings. The number of unbranched alkanes of at least 4 members (excludes halogenated alkanes) is 1. The van der Waals surface area contributed by atoms with E-state index >= 15 is 0 Å². The maximum Gasteiger partial charge on any atom is 0.328 e. The number of aromatic nitrogens is 1. The molecule has 13 nitrogen and oxygen atoms in total. The third-order valence-corrected chi connectivity index (χ3v) is 16.9. The molecular weight excluding hydrogens is 951 g/mol. The van der Waals surface area contributed by atoms with Gasteiger partial charge in [0.1, 0.15) is 29.3 Å². The fraction of sp³-hybridized carbons (Fsp3) is 0.256. The zero-order chi connectivity index (χ0) is 45.3. The van der Waals surface area contributed by atoms with Gasteiger partial charge in [-0.3, -0.25) is 9.59 Å². The van der Waals surface area contributed by atoms with Crippen molar-refractivity contribution in [2.24, 2.45) is 0 Å². The number of rotatable bonds is 17. The molecule has 1 aromatic heterocycles. The minimum Gasteiger partial charge on any atom is -0.743 e. The van der Waals surface area contributed by atoms with Crippen molar-refractivity contribution < 1.29 is 45.1 Å². The Morgan fingerprint density at radius 2 is 1.67 bits per heavy atom. The number of carbonyl (C=O) groups excluding carboxylic acids is 3. The lowest BCUT2D eigenvalue weighted by Gasteiger charge is -2.49. The van der Waals surface area contributed by atoms with E-state index < -0.39 is 55.6 Å². The van der Waals surface area contributed by atoms with Crippen molar-refractivity contribution in [1.29, 1.82) is 0 Å². The second-order valence-electron chi connectivity index (χ2n) is 14.8. The number of quaternary nitrogens is 1. The third kappa shape index (κ3) is 9.87. The topological polar surface area (TPSA) is 171 Å². The maximum absolute atomic E-state index is 13.6. The van der Waals surface area contributed by atoms with E-state index in [4.69, 9.17) is 39.5 Å². The lowest BCUT2D eigenvalue weighted by Crippen LogP contribution is -2.66. The van der Waals surface area contributed by atoms with Gasteiger partial charge >= 0.3 is 5.97 Å². The number of anilines is 1. The molecule has 2 aliphatic rings. The lowest BCUT2D eigenvalue weighted by molar-refractivity contribution is -0.669. The first kappa shape index (κ1) is 46.7. The Kier molecular flexibility index (Phi) is 14.1. The van der Waals surface area contributed by atoms with Gasteiger partial charge < -0.3 is 19.5 Å². The highest BCUT2D eigenvalue weighted by Crippen LogP contribution is 2.58. The summed E-state index contributed by atoms with van der Waals surface area (Å²) in [5.74, 6) is -1.87. The molecule has 0 saturated carbocycles. The van der Waals surface area contributed by atoms with Gasteiger partial charge in [-0.05, 0) is 97.9 Å². The van der Waals surface area contributed by atoms with E-state index in [1.54, 1.807) is 30.3 Å². The highest BCUT2D eigenvalue weighted by atomic mass is 35.5. The van der Waals surface area contributed by atoms with Crippen molar-refractivity contribution in [2.75, 3.05) is 30.3 Å². The predicted octanol–water partition coefficient (Wildman–Crippen LogP) is 7.97. The van der Waals surface area contributed by atoms with Crippen molar-refractivity contribution in [3.05, 3.63) is 128 Å². The van der Waals surface area contributed by atoms with Gasteiger partial charge in [0, 0.05) is 51.4 Å². The maximum atomic E-state index is 13.6. The molecular formula is C43H40Cl3N4O9S4+. The molecule has 3 atom stereocenters. The predicted molar refractivity (Wildman–Crippen MR) is 247 cm³/mol. The number of hydrogen-bond donors (Lipinski definition) is 1. The van der Waals surface area contributed by atoms with Crippen molar-refractivity contribution in [2.45, 2.75) is 53.9 Å². The second-order valence-corrected chi connectivity index (χ2v) is 21.9. The molecule has 1 amide bonds. The molecule has 7 rings (SSSR count). The Balaban J connectivity index is 1.04. The molecule has 1 N–H and O–H groups in total. The molecule has 3 heterocycles. The van der Waals surface area contributed by atoms with Crippen LogP contribution in [-0.2, 0) is 40.8 Å². The molecule has 2 aliphatic heterocycles. The average Bonchev–Trinajstić information content (AvgIpc) is 3.74. The summed E-state index contributed by atoms with van der Waals surface area (Å²) < 4.78 is 71.7. The third-order valence-electron chi connectivity index (χ3n) is 10.9. The standard InChI is InChI=1S/C43H39Cl3N4O9S4/c1-27(49(33-11-5-29(26-51)6-12-33)28(2)43(53)59-21-22-62(54,55)34-13-7-30(44)8-14-34)42(52)47-18-3-4-19-48-35-23-31(45)9-15-37(35)60-39(48)25-40-50(20-17-41(50)63(56,57)58)36-24-32(46)10-16-38(36)61-40/h5-16,23-26,28,41H,1,3-4,17-22H2,2H3/p+1/b40-25-. The number of amides is 1. The van der Waals surface area contributed by atoms with Crippen LogP contribution in [0.3, 0.4) is 0 Å². The van der Waals surface area contributed by atoms with Crippen LogP contribution in [0.25, 0.3) is 16.3 Å². The lowest BCUT2D eigenvalue weighted by atomic mass is 10.1. The van der Waals surface area contributed by atoms with E-state index in [0.717, 1.165) is 20.1 Å². The van der Waals surface area contributed by atoms with Crippen LogP contribution in [0.2, 0.25) is 15.1 Å². The SMILES string of the molecule is C=C(C(=O)NCCCC[n+]1c(/C=C2\Sc3ccc(Cl)cc3[N+]23CCC3S(=O)(=O)[O-])sc2ccc(Cl)cc21)N(c1ccc(C=O)cc1)C(C)C(=O)OCCS(=O)(=O)c1ccc(Cl)cc1. The molecule has 3 unspecified atom stereocenters. The summed E-state index contributed by atoms with van der Waals surface area (Å²) in [4.78, 5) is 40.6. The van der Waals surface area contributed by atoms with Crippen LogP contribution in [0, 0.1) is 0 Å². The van der Waals surface area contributed by atoms with Crippen LogP contribution in [0.1, 0.15) is 41.6 Å². The largest absolute Gasteiger partial charge is 0.743 e. The molecule has 0 bridgehead atoms. The van der Waals surface area contributed by atoms with Gasteiger partial charge in [0.2, 0.25) is 5.52 Å². The molecule has 1 saturated heterocycles. The smallest absolute Gasteiger partial charge is 0.328 e. The van der Waals surface area contributed by atoms with Gasteiger partial charge in [-0.25, -0.2) is 26.1 Å². The van der Waals surface area contributed by atoms with Crippen molar-refractivity contribution in [3.8, 4) is 0 Å². The number of hydrogen-bond acceptors (Lipinski definition) is 12. The van der Waals surface area contributed by atoms with E-state index in [9.17, 15) is 35.8 Å². The number of esters is 1. The number of thioether (sulfide) groups is 1. The van der Waals surface area contributed by atoms with Crippen LogP contribution in [-0.4, -0.2) is 76.4 Å². The molecule has 330 valence electrons. The van der Waals surface area contributed by atoms with E-state index in [1.807, 2.05) is 24.3 Å². The van der Waals surface area contributed by atoms with E-state index in [1.165, 1.54) is 71.3 Å². The molecule has 63 heavy (non-hydrogen) atoms. The van der Waals surface area contributed by atoms with Gasteiger partial charge in [-0.15, -0.1) is 0 Å². The number of fused-ring (bicyclic) bond motifs is 3. The van der Waals surface area contributed by atoms with E-state index in [0.29, 0.717) is 69.3 Å². The Labute approximate surface area is 388 Å². The summed E-state index contributed by atoms with van der Waals surface area (Å²) in [6.45, 7) is 6.19. The van der Waals surface area contributed by atoms with Crippen LogP contribution in [0.5, 0.6) is 0 Å². The zero-order valence-electron chi connectivity index (χ0n) is 33.5. The van der Waals surface area contributed by atoms with Gasteiger partial charge in [-0.1, -0.05) is 52.7 Å². The minimum absolute atomic E-state index is 0.0265. The van der Waals surface area contributed by atoms with Crippen LogP contribution >= 0.6 is 57.9 Å². The highest BCUT2D eigenvalue weighted by molar-refractivity contribution is 8.03. The van der Waals surface area contributed by atoms with Crippen molar-refractivity contribution >= 4 is 124 Å². The highest BCUT2D eigenvalue weighted by Gasteiger charge is 2.60. The van der Waals surface area contributed by atoms with Crippen molar-refractivity contribution in [3.63, 3.8) is 0 Å². The number of halogens is 3. The number of benzene rings is 4. The minimum atomic E-state index is -4.66. The number of carbonyl (C=O) groups is 3. The summed E-state index contributed by atoms with van der Waals surface area (Å²) in [6, 6.07) is 21.5. The molecule has 1 spiro atoms. The number of ether oxygens (including phenoxy) is 1. The quantitative estimate of drug-likeness (QED) is 0.0182. The summed E-state index contributed by atoms with van der Waals surface area (Å²) in [5, 5.41) is 4.56. The van der Waals surface area contributed by atoms with E-state index in [2.05, 4.69) is 16.5 Å². The van der Waals surface area contributed by atoms with Crippen LogP contribution in [0.15, 0.2) is 112 Å². The molecule has 0 radical (unpaired) electrons. The van der Waals surface area contributed by atoms with Crippen LogP contribution < -0.4 is 19.3 Å². The summed E-state index contributed by atoms with van der Waals surface area (Å²) in [5.41, 5.74) is 2.20. The van der Waals surface area contributed by atoms with Gasteiger partial charge in [-0.2, -0.15) is 4.57 Å². The molecule has 5 aromatic rings. The number of thiazole rings is 1. The fourth-order valence-corrected chi connectivity index (χ4v) is 12.9. The number of sulfone groups is 1. The summed E-state index contributed by atoms with van der Waals surface area (Å²) in [6.07, 6.45) is 3.93. The Morgan fingerprint density at radius 1 is 0.984 bits per heavy atom. The molecule has 20 heteroatoms. The Morgan fingerprint density at radius 3 is 2.33 bits per heavy atom. The van der Waals surface area contributed by atoms with Crippen LogP contribution in [0.4, 0.5) is 11.4 Å². The molecule has 0 aliphatic carbocycles. The number of aryl methyl sites for hydroxylation is 1. The van der Waals surface area contributed by atoms with Gasteiger partial charge in [0.15, 0.2) is 42.6 Å².